The molecule has 2 heterocycles. The van der Waals surface area contributed by atoms with Crippen LogP contribution in [0.15, 0.2) is 190 Å². The molecule has 0 atom stereocenters. The molecule has 1 aliphatic rings. The summed E-state index contributed by atoms with van der Waals surface area (Å²) in [6.07, 6.45) is 10.1. The number of aromatic nitrogens is 2. The van der Waals surface area contributed by atoms with Gasteiger partial charge in [0.25, 0.3) is 0 Å². The fourth-order valence-corrected chi connectivity index (χ4v) is 9.41. The maximum absolute atomic E-state index is 3.00. The van der Waals surface area contributed by atoms with Crippen molar-refractivity contribution in [3.05, 3.63) is 201 Å². The van der Waals surface area contributed by atoms with Crippen molar-refractivity contribution in [1.29, 1.82) is 0 Å². The van der Waals surface area contributed by atoms with Crippen molar-refractivity contribution < 1.29 is 0 Å². The Morgan fingerprint density at radius 2 is 0.940 bits per heavy atom. The predicted octanol–water partition coefficient (Wildman–Crippen LogP) is 11.5. The van der Waals surface area contributed by atoms with Crippen molar-refractivity contribution in [2.24, 2.45) is 0 Å². The molecule has 2 nitrogen and oxygen atoms in total. The molecular formula is C47H39N2P. The first kappa shape index (κ1) is 32.6. The quantitative estimate of drug-likeness (QED) is 0.128. The van der Waals surface area contributed by atoms with Crippen LogP contribution in [0.1, 0.15) is 17.7 Å². The molecule has 0 saturated heterocycles. The van der Waals surface area contributed by atoms with Crippen molar-refractivity contribution in [2.75, 3.05) is 0 Å². The van der Waals surface area contributed by atoms with Crippen molar-refractivity contribution >= 4 is 68.7 Å². The highest BCUT2D eigenvalue weighted by Gasteiger charge is 2.22. The summed E-state index contributed by atoms with van der Waals surface area (Å²) < 4.78 is 4.85. The van der Waals surface area contributed by atoms with Gasteiger partial charge in [0.05, 0.1) is 22.2 Å². The van der Waals surface area contributed by atoms with Gasteiger partial charge in [-0.25, -0.2) is 0 Å². The predicted molar refractivity (Wildman–Crippen MR) is 222 cm³/mol. The van der Waals surface area contributed by atoms with Crippen LogP contribution in [0.4, 0.5) is 0 Å². The van der Waals surface area contributed by atoms with Crippen LogP contribution in [0, 0.1) is 0 Å². The Morgan fingerprint density at radius 1 is 0.420 bits per heavy atom. The first-order valence-electron chi connectivity index (χ1n) is 16.9. The van der Waals surface area contributed by atoms with E-state index in [1.165, 1.54) is 59.9 Å². The third kappa shape index (κ3) is 5.75. The minimum absolute atomic E-state index is 0.703. The number of nitrogens with zero attached hydrogens (tertiary/aromatic N) is 2. The summed E-state index contributed by atoms with van der Waals surface area (Å²) in [5.74, 6) is 0. The molecule has 8 aromatic rings. The maximum atomic E-state index is 3.00. The Balaban J connectivity index is 0.000000948. The lowest BCUT2D eigenvalue weighted by atomic mass is 10.1. The molecule has 0 aliphatic heterocycles. The zero-order valence-corrected chi connectivity index (χ0v) is 29.0. The van der Waals surface area contributed by atoms with Gasteiger partial charge in [-0.05, 0) is 78.8 Å². The zero-order valence-electron chi connectivity index (χ0n) is 28.1. The summed E-state index contributed by atoms with van der Waals surface area (Å²) in [5, 5.41) is 7.93. The van der Waals surface area contributed by atoms with Crippen LogP contribution >= 0.6 is 7.92 Å². The van der Waals surface area contributed by atoms with E-state index in [1.807, 2.05) is 0 Å². The molecule has 2 aromatic heterocycles. The Bertz CT molecular complexity index is 2390. The highest BCUT2D eigenvalue weighted by molar-refractivity contribution is 7.79. The van der Waals surface area contributed by atoms with E-state index >= 15 is 0 Å². The Hall–Kier alpha value is -5.95. The molecule has 50 heavy (non-hydrogen) atoms. The van der Waals surface area contributed by atoms with E-state index in [0.717, 1.165) is 17.8 Å². The number of fused-ring (bicyclic) bond motifs is 6. The number of rotatable bonds is 5. The molecule has 0 fully saturated rings. The molecule has 242 valence electrons. The summed E-state index contributed by atoms with van der Waals surface area (Å²) in [5.41, 5.74) is 8.49. The van der Waals surface area contributed by atoms with E-state index in [-0.39, 0.29) is 0 Å². The SMILES string of the molecule is C1=Cc2c(n(-c3cccc(-n4c5ccccc5c5ccccc54)c3)c3ccc(P(c4ccccc4)c4ccccc4)cc23)C=CC1.C=C.C=C. The highest BCUT2D eigenvalue weighted by atomic mass is 31.1. The van der Waals surface area contributed by atoms with Gasteiger partial charge in [0.2, 0.25) is 0 Å². The molecular weight excluding hydrogens is 624 g/mol. The second-order valence-corrected chi connectivity index (χ2v) is 14.0. The van der Waals surface area contributed by atoms with Gasteiger partial charge in [0, 0.05) is 33.1 Å². The van der Waals surface area contributed by atoms with E-state index in [1.54, 1.807) is 0 Å². The molecule has 3 heteroatoms. The Kier molecular flexibility index (Phi) is 9.56. The van der Waals surface area contributed by atoms with Gasteiger partial charge in [0.15, 0.2) is 0 Å². The van der Waals surface area contributed by atoms with Gasteiger partial charge in [-0.3, -0.25) is 0 Å². The van der Waals surface area contributed by atoms with Crippen molar-refractivity contribution in [2.45, 2.75) is 6.42 Å². The van der Waals surface area contributed by atoms with Crippen molar-refractivity contribution in [1.82, 2.24) is 9.13 Å². The second kappa shape index (κ2) is 14.7. The smallest absolute Gasteiger partial charge is 0.0541 e. The first-order chi connectivity index (χ1) is 24.8. The summed E-state index contributed by atoms with van der Waals surface area (Å²) in [6, 6.07) is 55.6. The summed E-state index contributed by atoms with van der Waals surface area (Å²) in [4.78, 5) is 0. The van der Waals surface area contributed by atoms with Crippen LogP contribution in [-0.4, -0.2) is 9.13 Å². The first-order valence-corrected chi connectivity index (χ1v) is 18.2. The molecule has 1 aliphatic carbocycles. The fraction of sp³-hybridized carbons (Fsp3) is 0.0213. The van der Waals surface area contributed by atoms with Gasteiger partial charge in [0.1, 0.15) is 0 Å². The van der Waals surface area contributed by atoms with Gasteiger partial charge >= 0.3 is 0 Å². The molecule has 0 saturated carbocycles. The number of allylic oxidation sites excluding steroid dienone is 2. The standard InChI is InChI=1S/C43H31N2P.2C2H4/c1-4-17-33(18-5-1)46(34-19-6-2-7-20-34)35-27-28-43-39(30-35)38-21-8-3-9-24-42(38)45(43)32-16-14-15-31(29-32)44-40-25-12-10-22-36(40)37-23-11-13-26-41(37)44;2*1-2/h1-2,4-30H,3H2;2*1-2H2. The van der Waals surface area contributed by atoms with Crippen molar-refractivity contribution in [3.63, 3.8) is 0 Å². The minimum atomic E-state index is -0.703. The number of para-hydroxylation sites is 2. The van der Waals surface area contributed by atoms with Crippen LogP contribution in [0.3, 0.4) is 0 Å². The molecule has 0 radical (unpaired) electrons. The fourth-order valence-electron chi connectivity index (χ4n) is 7.10. The normalized spacial score (nSPS) is 11.9. The van der Waals surface area contributed by atoms with Crippen LogP contribution < -0.4 is 15.9 Å². The largest absolute Gasteiger partial charge is 0.309 e. The summed E-state index contributed by atoms with van der Waals surface area (Å²) in [7, 11) is -0.703. The van der Waals surface area contributed by atoms with E-state index in [0.29, 0.717) is 0 Å². The second-order valence-electron chi connectivity index (χ2n) is 11.8. The number of benzene rings is 6. The Morgan fingerprint density at radius 3 is 1.56 bits per heavy atom. The monoisotopic (exact) mass is 662 g/mol. The van der Waals surface area contributed by atoms with Gasteiger partial charge in [-0.1, -0.05) is 127 Å². The number of hydrogen-bond acceptors (Lipinski definition) is 0. The lowest BCUT2D eigenvalue weighted by molar-refractivity contribution is 1.09. The van der Waals surface area contributed by atoms with Crippen LogP contribution in [0.25, 0.3) is 56.2 Å². The van der Waals surface area contributed by atoms with E-state index in [9.17, 15) is 0 Å². The number of hydrogen-bond donors (Lipinski definition) is 0. The maximum Gasteiger partial charge on any atom is 0.0541 e. The molecule has 0 unspecified atom stereocenters. The Labute approximate surface area is 296 Å². The lowest BCUT2D eigenvalue weighted by Crippen LogP contribution is -2.20. The molecule has 0 spiro atoms. The molecule has 0 amide bonds. The molecule has 0 N–H and O–H groups in total. The molecule has 0 bridgehead atoms. The average Bonchev–Trinajstić information content (AvgIpc) is 3.57. The lowest BCUT2D eigenvalue weighted by Gasteiger charge is -2.19. The van der Waals surface area contributed by atoms with Gasteiger partial charge < -0.3 is 9.13 Å². The summed E-state index contributed by atoms with van der Waals surface area (Å²) >= 11 is 0. The molecule has 9 rings (SSSR count). The average molecular weight is 663 g/mol. The van der Waals surface area contributed by atoms with Crippen LogP contribution in [0.2, 0.25) is 0 Å². The van der Waals surface area contributed by atoms with E-state index < -0.39 is 7.92 Å². The topological polar surface area (TPSA) is 9.86 Å². The molecule has 6 aromatic carbocycles. The zero-order chi connectivity index (χ0) is 34.5. The third-order valence-corrected chi connectivity index (χ3v) is 11.5. The van der Waals surface area contributed by atoms with Gasteiger partial charge in [-0.15, -0.1) is 26.3 Å². The van der Waals surface area contributed by atoms with Crippen molar-refractivity contribution in [3.8, 4) is 11.4 Å². The summed E-state index contributed by atoms with van der Waals surface area (Å²) in [6.45, 7) is 12.0. The van der Waals surface area contributed by atoms with E-state index in [2.05, 4.69) is 211 Å². The third-order valence-electron chi connectivity index (χ3n) is 9.07. The highest BCUT2D eigenvalue weighted by Crippen LogP contribution is 2.39. The van der Waals surface area contributed by atoms with Crippen LogP contribution in [-0.2, 0) is 0 Å². The minimum Gasteiger partial charge on any atom is -0.309 e. The van der Waals surface area contributed by atoms with E-state index in [4.69, 9.17) is 0 Å². The van der Waals surface area contributed by atoms with Gasteiger partial charge in [-0.2, -0.15) is 0 Å². The van der Waals surface area contributed by atoms with Crippen LogP contribution in [0.5, 0.6) is 0 Å².